The van der Waals surface area contributed by atoms with E-state index in [-0.39, 0.29) is 40.4 Å². The van der Waals surface area contributed by atoms with Crippen molar-refractivity contribution in [2.45, 2.75) is 64.8 Å². The lowest BCUT2D eigenvalue weighted by Gasteiger charge is -2.24. The number of rotatable bonds is 7. The predicted molar refractivity (Wildman–Crippen MR) is 170 cm³/mol. The zero-order valence-corrected chi connectivity index (χ0v) is 26.4. The number of nitriles is 5. The number of nitrogens with zero attached hydrogens (tertiary/aromatic N) is 5. The van der Waals surface area contributed by atoms with Crippen molar-refractivity contribution in [3.63, 3.8) is 0 Å². The van der Waals surface area contributed by atoms with E-state index >= 15 is 0 Å². The molecular formula is C37H30N6O4. The minimum Gasteiger partial charge on any atom is -0.480 e. The number of ether oxygens (including phenoxy) is 3. The van der Waals surface area contributed by atoms with Crippen LogP contribution in [0, 0.1) is 62.1 Å². The van der Waals surface area contributed by atoms with Crippen molar-refractivity contribution in [1.29, 1.82) is 31.7 Å². The molecule has 0 saturated heterocycles. The molecule has 0 saturated carbocycles. The largest absolute Gasteiger partial charge is 0.480 e. The van der Waals surface area contributed by atoms with Gasteiger partial charge in [-0.05, 0) is 75.8 Å². The fraction of sp³-hybridized carbons (Fsp3) is 0.270. The summed E-state index contributed by atoms with van der Waals surface area (Å²) in [6, 6.07) is 16.7. The Morgan fingerprint density at radius 1 is 0.894 bits per heavy atom. The lowest BCUT2D eigenvalue weighted by Crippen LogP contribution is -2.21. The number of hydrogen-bond donors (Lipinski definition) is 2. The zero-order chi connectivity index (χ0) is 34.4. The van der Waals surface area contributed by atoms with E-state index in [0.717, 1.165) is 23.1 Å². The Hall–Kier alpha value is -6.34. The van der Waals surface area contributed by atoms with E-state index in [1.165, 1.54) is 0 Å². The molecule has 4 rings (SSSR count). The molecule has 0 atom stereocenters. The summed E-state index contributed by atoms with van der Waals surface area (Å²) in [5, 5.41) is 65.2. The number of aliphatic hydroxyl groups is 1. The lowest BCUT2D eigenvalue weighted by molar-refractivity contribution is 0.0950. The van der Waals surface area contributed by atoms with Crippen molar-refractivity contribution in [2.75, 3.05) is 0 Å². The first-order chi connectivity index (χ1) is 22.5. The third-order valence-electron chi connectivity index (χ3n) is 7.85. The highest BCUT2D eigenvalue weighted by atomic mass is 16.5. The Morgan fingerprint density at radius 2 is 1.57 bits per heavy atom. The number of aliphatic hydroxyl groups excluding tert-OH is 1. The van der Waals surface area contributed by atoms with Gasteiger partial charge < -0.3 is 19.3 Å². The van der Waals surface area contributed by atoms with E-state index in [1.807, 2.05) is 24.1 Å². The van der Waals surface area contributed by atoms with Crippen molar-refractivity contribution in [1.82, 2.24) is 0 Å². The summed E-state index contributed by atoms with van der Waals surface area (Å²) in [6.07, 6.45) is 9.22. The van der Waals surface area contributed by atoms with Crippen LogP contribution in [0.15, 0.2) is 110 Å². The lowest BCUT2D eigenvalue weighted by atomic mass is 9.88. The van der Waals surface area contributed by atoms with E-state index < -0.39 is 11.2 Å². The van der Waals surface area contributed by atoms with E-state index in [1.54, 1.807) is 76.3 Å². The van der Waals surface area contributed by atoms with Crippen LogP contribution >= 0.6 is 0 Å². The highest BCUT2D eigenvalue weighted by molar-refractivity contribution is 5.72. The standard InChI is InChI=1S/C37H30N6O4/c1-36(2)31(29(20-42)34(46-36)26(16-38)17-39)14-10-24-6-5-7-25(33(24)45-28-12-8-23(22-44)9-13-28)11-15-32-30(21-43)35(27(18-40)19-41)47-37(32,3)4/h8-15,38,44H,5-7,22H2,1-4H3/b15-11+,24-10+,31-14-. The Balaban J connectivity index is 1.89. The average Bonchev–Trinajstić information content (AvgIpc) is 3.47. The summed E-state index contributed by atoms with van der Waals surface area (Å²) >= 11 is 0. The second kappa shape index (κ2) is 13.7. The number of nitrogens with one attached hydrogen (secondary N) is 1. The van der Waals surface area contributed by atoms with Gasteiger partial charge >= 0.3 is 0 Å². The van der Waals surface area contributed by atoms with Gasteiger partial charge in [0.05, 0.1) is 6.61 Å². The van der Waals surface area contributed by atoms with Gasteiger partial charge in [0.2, 0.25) is 0 Å². The molecule has 0 aromatic heterocycles. The van der Waals surface area contributed by atoms with E-state index in [9.17, 15) is 31.4 Å². The summed E-state index contributed by atoms with van der Waals surface area (Å²) in [4.78, 5) is 0. The van der Waals surface area contributed by atoms with Gasteiger partial charge in [-0.2, -0.15) is 26.3 Å². The molecule has 0 amide bonds. The molecule has 10 heteroatoms. The maximum Gasteiger partial charge on any atom is 0.172 e. The molecular weight excluding hydrogens is 592 g/mol. The summed E-state index contributed by atoms with van der Waals surface area (Å²) < 4.78 is 18.3. The van der Waals surface area contributed by atoms with Gasteiger partial charge in [-0.25, -0.2) is 0 Å². The molecule has 0 bridgehead atoms. The van der Waals surface area contributed by atoms with E-state index in [4.69, 9.17) is 19.6 Å². The highest BCUT2D eigenvalue weighted by Crippen LogP contribution is 2.43. The Labute approximate surface area is 273 Å². The average molecular weight is 623 g/mol. The van der Waals surface area contributed by atoms with Crippen molar-refractivity contribution < 1.29 is 19.3 Å². The van der Waals surface area contributed by atoms with Gasteiger partial charge in [0.25, 0.3) is 0 Å². The van der Waals surface area contributed by atoms with Gasteiger partial charge in [-0.3, -0.25) is 5.41 Å². The van der Waals surface area contributed by atoms with Crippen LogP contribution < -0.4 is 4.74 Å². The molecule has 0 unspecified atom stereocenters. The van der Waals surface area contributed by atoms with Crippen LogP contribution in [-0.2, 0) is 16.1 Å². The Morgan fingerprint density at radius 3 is 2.15 bits per heavy atom. The fourth-order valence-corrected chi connectivity index (χ4v) is 5.47. The molecule has 10 nitrogen and oxygen atoms in total. The normalized spacial score (nSPS) is 19.7. The van der Waals surface area contributed by atoms with Crippen molar-refractivity contribution in [2.24, 2.45) is 0 Å². The maximum absolute atomic E-state index is 9.99. The molecule has 2 aliphatic heterocycles. The van der Waals surface area contributed by atoms with Gasteiger partial charge in [-0.15, -0.1) is 0 Å². The van der Waals surface area contributed by atoms with Gasteiger partial charge in [-0.1, -0.05) is 36.4 Å². The fourth-order valence-electron chi connectivity index (χ4n) is 5.47. The quantitative estimate of drug-likeness (QED) is 0.248. The van der Waals surface area contributed by atoms with Crippen LogP contribution in [0.2, 0.25) is 0 Å². The first kappa shape index (κ1) is 33.6. The summed E-state index contributed by atoms with van der Waals surface area (Å²) in [7, 11) is 0. The van der Waals surface area contributed by atoms with Gasteiger partial charge in [0.15, 0.2) is 22.7 Å². The second-order valence-corrected chi connectivity index (χ2v) is 11.7. The molecule has 232 valence electrons. The van der Waals surface area contributed by atoms with Crippen LogP contribution in [0.5, 0.6) is 5.75 Å². The van der Waals surface area contributed by atoms with Crippen molar-refractivity contribution in [3.8, 4) is 36.1 Å². The summed E-state index contributed by atoms with van der Waals surface area (Å²) in [5.74, 6) is 3.09. The first-order valence-corrected chi connectivity index (χ1v) is 14.6. The number of allylic oxidation sites excluding steroid dienone is 8. The van der Waals surface area contributed by atoms with E-state index in [0.29, 0.717) is 35.5 Å². The zero-order valence-electron chi connectivity index (χ0n) is 26.4. The van der Waals surface area contributed by atoms with Gasteiger partial charge in [0, 0.05) is 17.0 Å². The van der Waals surface area contributed by atoms with Crippen LogP contribution in [0.25, 0.3) is 0 Å². The SMILES string of the molecule is CC1(C)OC(=C(C#N)C#N)C(C#N)=C1/C=C/C1=C(Oc2ccc(CO)cc2)C(=C/C=C2/C(C#N)=C(C(=C=N)C#N)OC2(C)C)/CCC1. The first-order valence-electron chi connectivity index (χ1n) is 14.6. The molecule has 3 aliphatic rings. The van der Waals surface area contributed by atoms with Crippen LogP contribution in [-0.4, -0.2) is 22.2 Å². The molecule has 1 aliphatic carbocycles. The maximum atomic E-state index is 9.99. The monoisotopic (exact) mass is 622 g/mol. The summed E-state index contributed by atoms with van der Waals surface area (Å²) in [5.41, 5.74) is 1.20. The van der Waals surface area contributed by atoms with Crippen LogP contribution in [0.1, 0.15) is 52.5 Å². The van der Waals surface area contributed by atoms with Crippen LogP contribution in [0.4, 0.5) is 0 Å². The molecule has 0 fully saturated rings. The second-order valence-electron chi connectivity index (χ2n) is 11.7. The molecule has 1 aromatic rings. The smallest absolute Gasteiger partial charge is 0.172 e. The van der Waals surface area contributed by atoms with Crippen molar-refractivity contribution in [3.05, 3.63) is 116 Å². The Kier molecular flexibility index (Phi) is 9.81. The molecule has 2 heterocycles. The predicted octanol–water partition coefficient (Wildman–Crippen LogP) is 6.62. The minimum atomic E-state index is -0.992. The molecule has 0 radical (unpaired) electrons. The molecule has 2 N–H and O–H groups in total. The highest BCUT2D eigenvalue weighted by Gasteiger charge is 2.40. The molecule has 1 aromatic carbocycles. The molecule has 0 spiro atoms. The Bertz CT molecular complexity index is 1990. The molecule has 47 heavy (non-hydrogen) atoms. The third kappa shape index (κ3) is 6.70. The van der Waals surface area contributed by atoms with Crippen molar-refractivity contribution >= 4 is 5.87 Å². The number of hydrogen-bond acceptors (Lipinski definition) is 10. The third-order valence-corrected chi connectivity index (χ3v) is 7.85. The van der Waals surface area contributed by atoms with E-state index in [2.05, 4.69) is 12.1 Å². The minimum absolute atomic E-state index is 0.00949. The summed E-state index contributed by atoms with van der Waals surface area (Å²) in [6.45, 7) is 6.92. The topological polar surface area (TPSA) is 191 Å². The number of benzene rings is 1. The van der Waals surface area contributed by atoms with Crippen LogP contribution in [0.3, 0.4) is 0 Å². The van der Waals surface area contributed by atoms with Gasteiger partial charge in [0.1, 0.15) is 64.2 Å².